The maximum atomic E-state index is 14.5. The minimum Gasteiger partial charge on any atom is -0.456 e. The molecular weight excluding hydrogens is 327 g/mol. The molecule has 0 aromatic heterocycles. The maximum absolute atomic E-state index is 14.5. The molecule has 0 aliphatic heterocycles. The lowest BCUT2D eigenvalue weighted by Gasteiger charge is -2.21. The van der Waals surface area contributed by atoms with Crippen LogP contribution in [0.2, 0.25) is 0 Å². The van der Waals surface area contributed by atoms with E-state index in [0.717, 1.165) is 44.6 Å². The summed E-state index contributed by atoms with van der Waals surface area (Å²) in [6.07, 6.45) is 17.3. The topological polar surface area (TPSA) is 26.3 Å². The molecule has 2 nitrogen and oxygen atoms in total. The highest BCUT2D eigenvalue weighted by Crippen LogP contribution is 2.20. The van der Waals surface area contributed by atoms with Gasteiger partial charge in [0.25, 0.3) is 0 Å². The average Bonchev–Trinajstić information content (AvgIpc) is 2.65. The number of alkyl halides is 1. The number of unbranched alkanes of at least 4 members (excludes halogenated alkanes) is 12. The first-order valence-corrected chi connectivity index (χ1v) is 11.1. The molecule has 2 atom stereocenters. The Kier molecular flexibility index (Phi) is 18.3. The Morgan fingerprint density at radius 2 is 1.23 bits per heavy atom. The Balaban J connectivity index is 3.89. The summed E-state index contributed by atoms with van der Waals surface area (Å²) in [5, 5.41) is 0. The fourth-order valence-electron chi connectivity index (χ4n) is 3.30. The molecule has 2 unspecified atom stereocenters. The summed E-state index contributed by atoms with van der Waals surface area (Å²) in [7, 11) is 0. The van der Waals surface area contributed by atoms with E-state index >= 15 is 0 Å². The Hall–Kier alpha value is -0.860. The van der Waals surface area contributed by atoms with Crippen LogP contribution in [-0.2, 0) is 9.53 Å². The van der Waals surface area contributed by atoms with Crippen LogP contribution in [0, 0.1) is 0 Å². The summed E-state index contributed by atoms with van der Waals surface area (Å²) in [6, 6.07) is 0. The molecule has 0 aromatic rings. The standard InChI is InChI=1S/C23H43FO2/c1-4-7-9-11-12-13-14-15-16-18-20-22(26-23(25)6-3)21(24)19-17-10-8-5-2/h6,21-22H,3-5,7-20H2,1-2H3. The molecule has 0 aliphatic carbocycles. The van der Waals surface area contributed by atoms with Crippen LogP contribution in [0.4, 0.5) is 4.39 Å². The zero-order valence-electron chi connectivity index (χ0n) is 17.4. The normalized spacial score (nSPS) is 13.3. The molecule has 0 aromatic carbocycles. The van der Waals surface area contributed by atoms with Crippen molar-refractivity contribution in [2.75, 3.05) is 0 Å². The molecule has 26 heavy (non-hydrogen) atoms. The van der Waals surface area contributed by atoms with Crippen LogP contribution < -0.4 is 0 Å². The fourth-order valence-corrected chi connectivity index (χ4v) is 3.30. The van der Waals surface area contributed by atoms with Crippen LogP contribution in [0.15, 0.2) is 12.7 Å². The van der Waals surface area contributed by atoms with Gasteiger partial charge in [0, 0.05) is 6.08 Å². The van der Waals surface area contributed by atoms with Crippen LogP contribution in [0.5, 0.6) is 0 Å². The van der Waals surface area contributed by atoms with Crippen LogP contribution in [0.1, 0.15) is 117 Å². The molecule has 3 heteroatoms. The molecule has 0 spiro atoms. The van der Waals surface area contributed by atoms with E-state index in [-0.39, 0.29) is 0 Å². The molecular formula is C23H43FO2. The van der Waals surface area contributed by atoms with E-state index in [2.05, 4.69) is 20.4 Å². The summed E-state index contributed by atoms with van der Waals surface area (Å²) in [4.78, 5) is 11.5. The van der Waals surface area contributed by atoms with Crippen molar-refractivity contribution in [2.24, 2.45) is 0 Å². The van der Waals surface area contributed by atoms with E-state index in [1.54, 1.807) is 0 Å². The van der Waals surface area contributed by atoms with Crippen molar-refractivity contribution in [3.8, 4) is 0 Å². The van der Waals surface area contributed by atoms with Gasteiger partial charge in [0.05, 0.1) is 0 Å². The lowest BCUT2D eigenvalue weighted by molar-refractivity contribution is -0.147. The Morgan fingerprint density at radius 3 is 1.73 bits per heavy atom. The maximum Gasteiger partial charge on any atom is 0.330 e. The second-order valence-electron chi connectivity index (χ2n) is 7.52. The first-order valence-electron chi connectivity index (χ1n) is 11.1. The minimum absolute atomic E-state index is 0.493. The van der Waals surface area contributed by atoms with Crippen molar-refractivity contribution in [3.63, 3.8) is 0 Å². The van der Waals surface area contributed by atoms with E-state index in [9.17, 15) is 9.18 Å². The first kappa shape index (κ1) is 25.1. The molecule has 0 amide bonds. The molecule has 0 rings (SSSR count). The first-order chi connectivity index (χ1) is 12.7. The summed E-state index contributed by atoms with van der Waals surface area (Å²) >= 11 is 0. The second kappa shape index (κ2) is 18.9. The van der Waals surface area contributed by atoms with E-state index in [4.69, 9.17) is 4.74 Å². The SMILES string of the molecule is C=CC(=O)OC(CCCCCCCCCCCC)C(F)CCCCCC. The Morgan fingerprint density at radius 1 is 0.808 bits per heavy atom. The largest absolute Gasteiger partial charge is 0.456 e. The molecule has 0 bridgehead atoms. The van der Waals surface area contributed by atoms with Gasteiger partial charge in [0.15, 0.2) is 0 Å². The lowest BCUT2D eigenvalue weighted by Crippen LogP contribution is -2.28. The summed E-state index contributed by atoms with van der Waals surface area (Å²) < 4.78 is 19.7. The smallest absolute Gasteiger partial charge is 0.330 e. The lowest BCUT2D eigenvalue weighted by atomic mass is 10.0. The number of carbonyl (C=O) groups is 1. The van der Waals surface area contributed by atoms with Crippen molar-refractivity contribution in [1.82, 2.24) is 0 Å². The minimum atomic E-state index is -1.05. The average molecular weight is 371 g/mol. The van der Waals surface area contributed by atoms with Crippen LogP contribution in [0.3, 0.4) is 0 Å². The Bertz CT molecular complexity index is 330. The zero-order valence-corrected chi connectivity index (χ0v) is 17.4. The Labute approximate surface area is 162 Å². The molecule has 0 saturated carbocycles. The second-order valence-corrected chi connectivity index (χ2v) is 7.52. The number of esters is 1. The zero-order chi connectivity index (χ0) is 19.5. The molecule has 0 saturated heterocycles. The third-order valence-corrected chi connectivity index (χ3v) is 5.01. The van der Waals surface area contributed by atoms with Gasteiger partial charge in [-0.25, -0.2) is 9.18 Å². The summed E-state index contributed by atoms with van der Waals surface area (Å²) in [6.45, 7) is 7.81. The number of hydrogen-bond donors (Lipinski definition) is 0. The molecule has 154 valence electrons. The highest BCUT2D eigenvalue weighted by molar-refractivity contribution is 5.81. The van der Waals surface area contributed by atoms with Crippen molar-refractivity contribution in [1.29, 1.82) is 0 Å². The van der Waals surface area contributed by atoms with E-state index in [0.29, 0.717) is 12.8 Å². The van der Waals surface area contributed by atoms with Gasteiger partial charge in [-0.3, -0.25) is 0 Å². The van der Waals surface area contributed by atoms with Crippen LogP contribution in [-0.4, -0.2) is 18.2 Å². The van der Waals surface area contributed by atoms with Gasteiger partial charge in [-0.05, 0) is 19.3 Å². The van der Waals surface area contributed by atoms with Crippen LogP contribution >= 0.6 is 0 Å². The van der Waals surface area contributed by atoms with Gasteiger partial charge in [0.2, 0.25) is 0 Å². The van der Waals surface area contributed by atoms with Gasteiger partial charge in [-0.1, -0.05) is 104 Å². The number of hydrogen-bond acceptors (Lipinski definition) is 2. The predicted molar refractivity (Wildman–Crippen MR) is 110 cm³/mol. The summed E-state index contributed by atoms with van der Waals surface area (Å²) in [5.41, 5.74) is 0. The molecule has 0 heterocycles. The van der Waals surface area contributed by atoms with Gasteiger partial charge >= 0.3 is 5.97 Å². The molecule has 0 radical (unpaired) electrons. The van der Waals surface area contributed by atoms with Gasteiger partial charge < -0.3 is 4.74 Å². The fraction of sp³-hybridized carbons (Fsp3) is 0.870. The number of ether oxygens (including phenoxy) is 1. The highest BCUT2D eigenvalue weighted by atomic mass is 19.1. The van der Waals surface area contributed by atoms with Gasteiger partial charge in [-0.15, -0.1) is 0 Å². The van der Waals surface area contributed by atoms with Crippen molar-refractivity contribution < 1.29 is 13.9 Å². The van der Waals surface area contributed by atoms with Crippen molar-refractivity contribution in [3.05, 3.63) is 12.7 Å². The van der Waals surface area contributed by atoms with E-state index in [1.807, 2.05) is 0 Å². The third-order valence-electron chi connectivity index (χ3n) is 5.01. The number of rotatable bonds is 19. The highest BCUT2D eigenvalue weighted by Gasteiger charge is 2.23. The van der Waals surface area contributed by atoms with E-state index < -0.39 is 18.2 Å². The van der Waals surface area contributed by atoms with Crippen molar-refractivity contribution >= 4 is 5.97 Å². The molecule has 0 fully saturated rings. The summed E-state index contributed by atoms with van der Waals surface area (Å²) in [5.74, 6) is -0.502. The molecule has 0 aliphatic rings. The van der Waals surface area contributed by atoms with Crippen LogP contribution in [0.25, 0.3) is 0 Å². The van der Waals surface area contributed by atoms with Crippen molar-refractivity contribution in [2.45, 2.75) is 129 Å². The van der Waals surface area contributed by atoms with E-state index in [1.165, 1.54) is 51.4 Å². The number of halogens is 1. The quantitative estimate of drug-likeness (QED) is 0.132. The van der Waals surface area contributed by atoms with Gasteiger partial charge in [-0.2, -0.15) is 0 Å². The third kappa shape index (κ3) is 15.4. The molecule has 0 N–H and O–H groups in total. The predicted octanol–water partition coefficient (Wildman–Crippen LogP) is 7.70. The monoisotopic (exact) mass is 370 g/mol. The number of carbonyl (C=O) groups excluding carboxylic acids is 1. The van der Waals surface area contributed by atoms with Gasteiger partial charge in [0.1, 0.15) is 12.3 Å².